The minimum Gasteiger partial charge on any atom is -0.396 e. The van der Waals surface area contributed by atoms with E-state index in [9.17, 15) is 0 Å². The maximum Gasteiger partial charge on any atom is 0.0445 e. The molecule has 96 valence electrons. The van der Waals surface area contributed by atoms with Gasteiger partial charge in [0.1, 0.15) is 0 Å². The average Bonchev–Trinajstić information content (AvgIpc) is 2.28. The van der Waals surface area contributed by atoms with Crippen LogP contribution in [0.1, 0.15) is 25.8 Å². The quantitative estimate of drug-likeness (QED) is 0.839. The van der Waals surface area contributed by atoms with Gasteiger partial charge in [0.15, 0.2) is 0 Å². The summed E-state index contributed by atoms with van der Waals surface area (Å²) in [5.41, 5.74) is 1.14. The maximum atomic E-state index is 9.01. The zero-order valence-electron chi connectivity index (χ0n) is 10.2. The van der Waals surface area contributed by atoms with Crippen molar-refractivity contribution in [2.75, 3.05) is 6.61 Å². The highest BCUT2D eigenvalue weighted by Gasteiger charge is 2.12. The van der Waals surface area contributed by atoms with Crippen molar-refractivity contribution in [3.8, 4) is 0 Å². The van der Waals surface area contributed by atoms with E-state index in [0.29, 0.717) is 12.0 Å². The minimum atomic E-state index is 0.215. The van der Waals surface area contributed by atoms with Crippen LogP contribution in [0.2, 0.25) is 5.02 Å². The first-order valence-corrected chi connectivity index (χ1v) is 7.00. The van der Waals surface area contributed by atoms with Gasteiger partial charge in [-0.15, -0.1) is 0 Å². The standard InChI is InChI=1S/C13H19BrClNO/c1-9(2)13(5-6-17)16-8-10-7-11(15)3-4-12(10)14/h3-4,7,9,13,16-17H,5-6,8H2,1-2H3. The molecule has 0 aliphatic carbocycles. The SMILES string of the molecule is CC(C)C(CCO)NCc1cc(Cl)ccc1Br. The summed E-state index contributed by atoms with van der Waals surface area (Å²) in [5.74, 6) is 0.500. The lowest BCUT2D eigenvalue weighted by molar-refractivity contribution is 0.244. The van der Waals surface area contributed by atoms with Crippen LogP contribution in [0.3, 0.4) is 0 Å². The Bertz CT molecular complexity index is 357. The van der Waals surface area contributed by atoms with Crippen molar-refractivity contribution >= 4 is 27.5 Å². The van der Waals surface area contributed by atoms with Crippen molar-refractivity contribution in [2.24, 2.45) is 5.92 Å². The summed E-state index contributed by atoms with van der Waals surface area (Å²) < 4.78 is 1.06. The fraction of sp³-hybridized carbons (Fsp3) is 0.538. The van der Waals surface area contributed by atoms with E-state index in [2.05, 4.69) is 35.1 Å². The van der Waals surface area contributed by atoms with Crippen LogP contribution in [0, 0.1) is 5.92 Å². The smallest absolute Gasteiger partial charge is 0.0445 e. The largest absolute Gasteiger partial charge is 0.396 e. The average molecular weight is 321 g/mol. The highest BCUT2D eigenvalue weighted by atomic mass is 79.9. The molecule has 0 spiro atoms. The molecule has 2 N–H and O–H groups in total. The molecule has 2 nitrogen and oxygen atoms in total. The summed E-state index contributed by atoms with van der Waals surface area (Å²) in [6, 6.07) is 6.10. The molecule has 1 rings (SSSR count). The molecule has 0 aromatic heterocycles. The molecule has 0 aliphatic heterocycles. The maximum absolute atomic E-state index is 9.01. The lowest BCUT2D eigenvalue weighted by atomic mass is 10.0. The molecule has 0 saturated carbocycles. The third-order valence-electron chi connectivity index (χ3n) is 2.81. The minimum absolute atomic E-state index is 0.215. The summed E-state index contributed by atoms with van der Waals surface area (Å²) in [4.78, 5) is 0. The van der Waals surface area contributed by atoms with Crippen LogP contribution in [0.15, 0.2) is 22.7 Å². The van der Waals surface area contributed by atoms with E-state index in [1.54, 1.807) is 0 Å². The summed E-state index contributed by atoms with van der Waals surface area (Å²) in [6.07, 6.45) is 0.774. The first-order chi connectivity index (χ1) is 8.04. The van der Waals surface area contributed by atoms with Gasteiger partial charge in [0, 0.05) is 28.7 Å². The van der Waals surface area contributed by atoms with E-state index >= 15 is 0 Å². The number of halogens is 2. The molecule has 1 aromatic rings. The van der Waals surface area contributed by atoms with Crippen LogP contribution < -0.4 is 5.32 Å². The monoisotopic (exact) mass is 319 g/mol. The van der Waals surface area contributed by atoms with Gasteiger partial charge < -0.3 is 10.4 Å². The highest BCUT2D eigenvalue weighted by Crippen LogP contribution is 2.21. The molecule has 1 unspecified atom stereocenters. The predicted molar refractivity (Wildman–Crippen MR) is 76.3 cm³/mol. The number of hydrogen-bond donors (Lipinski definition) is 2. The summed E-state index contributed by atoms with van der Waals surface area (Å²) >= 11 is 9.48. The second-order valence-corrected chi connectivity index (χ2v) is 5.77. The third kappa shape index (κ3) is 4.96. The lowest BCUT2D eigenvalue weighted by Crippen LogP contribution is -2.34. The Kier molecular flexibility index (Phi) is 6.49. The zero-order chi connectivity index (χ0) is 12.8. The molecule has 0 amide bonds. The molecule has 17 heavy (non-hydrogen) atoms. The molecular formula is C13H19BrClNO. The Morgan fingerprint density at radius 3 is 2.71 bits per heavy atom. The van der Waals surface area contributed by atoms with Crippen molar-refractivity contribution in [2.45, 2.75) is 32.9 Å². The molecule has 0 fully saturated rings. The number of aliphatic hydroxyl groups is 1. The highest BCUT2D eigenvalue weighted by molar-refractivity contribution is 9.10. The van der Waals surface area contributed by atoms with Gasteiger partial charge in [-0.1, -0.05) is 41.4 Å². The van der Waals surface area contributed by atoms with Gasteiger partial charge in [-0.3, -0.25) is 0 Å². The first kappa shape index (κ1) is 15.0. The van der Waals surface area contributed by atoms with Gasteiger partial charge in [-0.25, -0.2) is 0 Å². The van der Waals surface area contributed by atoms with Crippen molar-refractivity contribution in [3.63, 3.8) is 0 Å². The van der Waals surface area contributed by atoms with E-state index in [1.165, 1.54) is 0 Å². The molecule has 4 heteroatoms. The van der Waals surface area contributed by atoms with Gasteiger partial charge in [-0.05, 0) is 36.1 Å². The molecule has 0 saturated heterocycles. The Morgan fingerprint density at radius 1 is 1.41 bits per heavy atom. The van der Waals surface area contributed by atoms with Crippen LogP contribution in [0.4, 0.5) is 0 Å². The fourth-order valence-corrected chi connectivity index (χ4v) is 2.31. The molecule has 0 heterocycles. The Morgan fingerprint density at radius 2 is 2.12 bits per heavy atom. The van der Waals surface area contributed by atoms with Crippen LogP contribution in [-0.4, -0.2) is 17.8 Å². The van der Waals surface area contributed by atoms with E-state index in [-0.39, 0.29) is 6.61 Å². The van der Waals surface area contributed by atoms with Crippen molar-refractivity contribution < 1.29 is 5.11 Å². The summed E-state index contributed by atoms with van der Waals surface area (Å²) in [6.45, 7) is 5.28. The van der Waals surface area contributed by atoms with Gasteiger partial charge in [0.05, 0.1) is 0 Å². The zero-order valence-corrected chi connectivity index (χ0v) is 12.6. The summed E-state index contributed by atoms with van der Waals surface area (Å²) in [7, 11) is 0. The van der Waals surface area contributed by atoms with E-state index in [0.717, 1.165) is 28.0 Å². The number of benzene rings is 1. The van der Waals surface area contributed by atoms with E-state index < -0.39 is 0 Å². The first-order valence-electron chi connectivity index (χ1n) is 5.82. The Labute approximate surface area is 117 Å². The number of hydrogen-bond acceptors (Lipinski definition) is 2. The normalized spacial score (nSPS) is 13.1. The number of rotatable bonds is 6. The van der Waals surface area contributed by atoms with Gasteiger partial charge >= 0.3 is 0 Å². The lowest BCUT2D eigenvalue weighted by Gasteiger charge is -2.22. The van der Waals surface area contributed by atoms with Crippen molar-refractivity contribution in [1.29, 1.82) is 0 Å². The Balaban J connectivity index is 2.61. The van der Waals surface area contributed by atoms with Crippen LogP contribution >= 0.6 is 27.5 Å². The molecule has 0 aliphatic rings. The Hall–Kier alpha value is -0.0900. The molecule has 0 radical (unpaired) electrons. The van der Waals surface area contributed by atoms with Gasteiger partial charge in [0.2, 0.25) is 0 Å². The number of nitrogens with one attached hydrogen (secondary N) is 1. The van der Waals surface area contributed by atoms with Crippen LogP contribution in [0.25, 0.3) is 0 Å². The molecule has 0 bridgehead atoms. The fourth-order valence-electron chi connectivity index (χ4n) is 1.73. The van der Waals surface area contributed by atoms with Crippen LogP contribution in [-0.2, 0) is 6.54 Å². The van der Waals surface area contributed by atoms with Gasteiger partial charge in [-0.2, -0.15) is 0 Å². The second-order valence-electron chi connectivity index (χ2n) is 4.48. The molecule has 1 aromatic carbocycles. The van der Waals surface area contributed by atoms with E-state index in [4.69, 9.17) is 16.7 Å². The topological polar surface area (TPSA) is 32.3 Å². The second kappa shape index (κ2) is 7.37. The third-order valence-corrected chi connectivity index (χ3v) is 3.82. The van der Waals surface area contributed by atoms with Gasteiger partial charge in [0.25, 0.3) is 0 Å². The van der Waals surface area contributed by atoms with Crippen molar-refractivity contribution in [1.82, 2.24) is 5.32 Å². The molecule has 1 atom stereocenters. The summed E-state index contributed by atoms with van der Waals surface area (Å²) in [5, 5.41) is 13.2. The molecular weight excluding hydrogens is 302 g/mol. The predicted octanol–water partition coefficient (Wildman–Crippen LogP) is 3.60. The van der Waals surface area contributed by atoms with Crippen LogP contribution in [0.5, 0.6) is 0 Å². The van der Waals surface area contributed by atoms with Crippen molar-refractivity contribution in [3.05, 3.63) is 33.3 Å². The number of aliphatic hydroxyl groups excluding tert-OH is 1. The van der Waals surface area contributed by atoms with E-state index in [1.807, 2.05) is 18.2 Å².